The van der Waals surface area contributed by atoms with Gasteiger partial charge in [0.2, 0.25) is 0 Å². The smallest absolute Gasteiger partial charge is 0.259 e. The topological polar surface area (TPSA) is 59.0 Å². The van der Waals surface area contributed by atoms with Crippen molar-refractivity contribution in [1.29, 1.82) is 0 Å². The van der Waals surface area contributed by atoms with E-state index in [1.165, 1.54) is 5.56 Å². The largest absolute Gasteiger partial charge is 0.321 e. The molecule has 0 spiro atoms. The highest BCUT2D eigenvalue weighted by atomic mass is 35.5. The van der Waals surface area contributed by atoms with Gasteiger partial charge in [-0.3, -0.25) is 4.79 Å². The number of aryl methyl sites for hydroxylation is 2. The van der Waals surface area contributed by atoms with Crippen molar-refractivity contribution < 1.29 is 4.79 Å². The number of hydrogen-bond acceptors (Lipinski definition) is 3. The predicted molar refractivity (Wildman–Crippen MR) is 117 cm³/mol. The molecule has 1 aromatic heterocycles. The van der Waals surface area contributed by atoms with Gasteiger partial charge in [-0.15, -0.1) is 0 Å². The standard InChI is InChI=1S/C23H25ClN4O/c1-15-7-8-21(16(2)13-15)28-22(17-9-11-25-12-10-17)18(14-26-28)23(29)27-20-6-4-3-5-19(20)24/h3-8,13-14,17,25H,9-12H2,1-2H3,(H,27,29). The van der Waals surface area contributed by atoms with Gasteiger partial charge in [-0.2, -0.15) is 5.10 Å². The summed E-state index contributed by atoms with van der Waals surface area (Å²) in [6.07, 6.45) is 3.63. The first kappa shape index (κ1) is 19.7. The Morgan fingerprint density at radius 1 is 1.17 bits per heavy atom. The number of carbonyl (C=O) groups excluding carboxylic acids is 1. The molecular weight excluding hydrogens is 384 g/mol. The zero-order valence-electron chi connectivity index (χ0n) is 16.7. The number of piperidine rings is 1. The molecule has 2 aromatic carbocycles. The van der Waals surface area contributed by atoms with E-state index in [-0.39, 0.29) is 11.8 Å². The van der Waals surface area contributed by atoms with Crippen LogP contribution in [0.2, 0.25) is 5.02 Å². The van der Waals surface area contributed by atoms with Crippen molar-refractivity contribution in [2.24, 2.45) is 0 Å². The number of nitrogens with one attached hydrogen (secondary N) is 2. The van der Waals surface area contributed by atoms with Crippen LogP contribution in [0.3, 0.4) is 0 Å². The Labute approximate surface area is 176 Å². The lowest BCUT2D eigenvalue weighted by molar-refractivity contribution is 0.102. The third-order valence-electron chi connectivity index (χ3n) is 5.48. The molecule has 1 fully saturated rings. The predicted octanol–water partition coefficient (Wildman–Crippen LogP) is 4.86. The number of rotatable bonds is 4. The highest BCUT2D eigenvalue weighted by molar-refractivity contribution is 6.33. The molecule has 1 amide bonds. The number of hydrogen-bond donors (Lipinski definition) is 2. The van der Waals surface area contributed by atoms with Crippen LogP contribution in [0.5, 0.6) is 0 Å². The van der Waals surface area contributed by atoms with E-state index in [1.54, 1.807) is 18.3 Å². The van der Waals surface area contributed by atoms with Gasteiger partial charge in [0.25, 0.3) is 5.91 Å². The summed E-state index contributed by atoms with van der Waals surface area (Å²) < 4.78 is 1.95. The van der Waals surface area contributed by atoms with Gasteiger partial charge in [-0.05, 0) is 63.5 Å². The lowest BCUT2D eigenvalue weighted by atomic mass is 9.91. The second-order valence-electron chi connectivity index (χ2n) is 7.60. The summed E-state index contributed by atoms with van der Waals surface area (Å²) in [5.74, 6) is 0.0918. The third kappa shape index (κ3) is 4.07. The highest BCUT2D eigenvalue weighted by Gasteiger charge is 2.27. The van der Waals surface area contributed by atoms with Crippen molar-refractivity contribution in [3.05, 3.63) is 76.1 Å². The molecule has 2 heterocycles. The summed E-state index contributed by atoms with van der Waals surface area (Å²) in [7, 11) is 0. The van der Waals surface area contributed by atoms with Crippen LogP contribution in [0.25, 0.3) is 5.69 Å². The number of para-hydroxylation sites is 1. The Bertz CT molecular complexity index is 1040. The van der Waals surface area contributed by atoms with Crippen molar-refractivity contribution in [3.8, 4) is 5.69 Å². The summed E-state index contributed by atoms with van der Waals surface area (Å²) >= 11 is 6.24. The number of anilines is 1. The van der Waals surface area contributed by atoms with Gasteiger partial charge in [0, 0.05) is 5.92 Å². The second-order valence-corrected chi connectivity index (χ2v) is 8.01. The maximum absolute atomic E-state index is 13.2. The lowest BCUT2D eigenvalue weighted by Gasteiger charge is -2.25. The van der Waals surface area contributed by atoms with Crippen molar-refractivity contribution in [2.45, 2.75) is 32.6 Å². The molecule has 0 atom stereocenters. The minimum Gasteiger partial charge on any atom is -0.321 e. The van der Waals surface area contributed by atoms with Gasteiger partial charge < -0.3 is 10.6 Å². The first-order valence-corrected chi connectivity index (χ1v) is 10.3. The molecule has 0 bridgehead atoms. The molecule has 29 heavy (non-hydrogen) atoms. The van der Waals surface area contributed by atoms with E-state index < -0.39 is 0 Å². The molecule has 0 aliphatic carbocycles. The van der Waals surface area contributed by atoms with E-state index in [0.29, 0.717) is 16.3 Å². The minimum absolute atomic E-state index is 0.178. The molecule has 6 heteroatoms. The molecule has 0 radical (unpaired) electrons. The maximum atomic E-state index is 13.2. The molecule has 4 rings (SSSR count). The second kappa shape index (κ2) is 8.39. The van der Waals surface area contributed by atoms with Gasteiger partial charge in [0.15, 0.2) is 0 Å². The van der Waals surface area contributed by atoms with Crippen LogP contribution < -0.4 is 10.6 Å². The highest BCUT2D eigenvalue weighted by Crippen LogP contribution is 2.32. The van der Waals surface area contributed by atoms with Crippen LogP contribution in [0.4, 0.5) is 5.69 Å². The molecule has 3 aromatic rings. The summed E-state index contributed by atoms with van der Waals surface area (Å²) in [5.41, 5.74) is 5.55. The Morgan fingerprint density at radius 2 is 1.93 bits per heavy atom. The molecule has 0 unspecified atom stereocenters. The van der Waals surface area contributed by atoms with Crippen molar-refractivity contribution in [2.75, 3.05) is 18.4 Å². The SMILES string of the molecule is Cc1ccc(-n2ncc(C(=O)Nc3ccccc3Cl)c2C2CCNCC2)c(C)c1. The zero-order valence-corrected chi connectivity index (χ0v) is 17.5. The van der Waals surface area contributed by atoms with Crippen molar-refractivity contribution >= 4 is 23.2 Å². The van der Waals surface area contributed by atoms with Gasteiger partial charge >= 0.3 is 0 Å². The summed E-state index contributed by atoms with van der Waals surface area (Å²) in [4.78, 5) is 13.2. The van der Waals surface area contributed by atoms with Crippen LogP contribution in [0.1, 0.15) is 45.9 Å². The minimum atomic E-state index is -0.178. The van der Waals surface area contributed by atoms with Crippen LogP contribution >= 0.6 is 11.6 Å². The van der Waals surface area contributed by atoms with Crippen molar-refractivity contribution in [1.82, 2.24) is 15.1 Å². The first-order chi connectivity index (χ1) is 14.0. The molecular formula is C23H25ClN4O. The van der Waals surface area contributed by atoms with E-state index in [0.717, 1.165) is 42.9 Å². The van der Waals surface area contributed by atoms with E-state index in [9.17, 15) is 4.79 Å². The van der Waals surface area contributed by atoms with E-state index in [1.807, 2.05) is 16.8 Å². The summed E-state index contributed by atoms with van der Waals surface area (Å²) in [6.45, 7) is 6.04. The van der Waals surface area contributed by atoms with Gasteiger partial charge in [-0.1, -0.05) is 41.4 Å². The third-order valence-corrected chi connectivity index (χ3v) is 5.81. The molecule has 1 aliphatic heterocycles. The number of amides is 1. The monoisotopic (exact) mass is 408 g/mol. The van der Waals surface area contributed by atoms with Crippen LogP contribution in [0, 0.1) is 13.8 Å². The van der Waals surface area contributed by atoms with Crippen molar-refractivity contribution in [3.63, 3.8) is 0 Å². The quantitative estimate of drug-likeness (QED) is 0.648. The van der Waals surface area contributed by atoms with Crippen LogP contribution in [-0.2, 0) is 0 Å². The maximum Gasteiger partial charge on any atom is 0.259 e. The van der Waals surface area contributed by atoms with Gasteiger partial charge in [0.05, 0.1) is 33.9 Å². The van der Waals surface area contributed by atoms with Gasteiger partial charge in [0.1, 0.15) is 0 Å². The number of benzene rings is 2. The van der Waals surface area contributed by atoms with Crippen LogP contribution in [-0.4, -0.2) is 28.8 Å². The molecule has 0 saturated carbocycles. The fourth-order valence-electron chi connectivity index (χ4n) is 4.01. The zero-order chi connectivity index (χ0) is 20.4. The Kier molecular flexibility index (Phi) is 5.69. The molecule has 150 valence electrons. The molecule has 1 aliphatic rings. The normalized spacial score (nSPS) is 14.7. The van der Waals surface area contributed by atoms with E-state index >= 15 is 0 Å². The number of carbonyl (C=O) groups is 1. The fourth-order valence-corrected chi connectivity index (χ4v) is 4.19. The number of nitrogens with zero attached hydrogens (tertiary/aromatic N) is 2. The summed E-state index contributed by atoms with van der Waals surface area (Å²) in [5, 5.41) is 11.5. The Balaban J connectivity index is 1.76. The first-order valence-electron chi connectivity index (χ1n) is 9.96. The summed E-state index contributed by atoms with van der Waals surface area (Å²) in [6, 6.07) is 13.6. The Hall–Kier alpha value is -2.63. The number of halogens is 1. The number of aromatic nitrogens is 2. The van der Waals surface area contributed by atoms with E-state index in [4.69, 9.17) is 11.6 Å². The molecule has 1 saturated heterocycles. The Morgan fingerprint density at radius 3 is 2.66 bits per heavy atom. The molecule has 2 N–H and O–H groups in total. The molecule has 5 nitrogen and oxygen atoms in total. The van der Waals surface area contributed by atoms with E-state index in [2.05, 4.69) is 47.8 Å². The lowest BCUT2D eigenvalue weighted by Crippen LogP contribution is -2.29. The average Bonchev–Trinajstić information content (AvgIpc) is 3.15. The average molecular weight is 409 g/mol. The van der Waals surface area contributed by atoms with Crippen LogP contribution in [0.15, 0.2) is 48.7 Å². The fraction of sp³-hybridized carbons (Fsp3) is 0.304. The van der Waals surface area contributed by atoms with Gasteiger partial charge in [-0.25, -0.2) is 4.68 Å².